The first-order valence-electron chi connectivity index (χ1n) is 8.06. The fraction of sp³-hybridized carbons (Fsp3) is 0.444. The van der Waals surface area contributed by atoms with Gasteiger partial charge in [0.2, 0.25) is 11.7 Å². The summed E-state index contributed by atoms with van der Waals surface area (Å²) in [7, 11) is 5.06. The van der Waals surface area contributed by atoms with Gasteiger partial charge in [0.05, 0.1) is 19.2 Å². The number of hydrogen-bond acceptors (Lipinski definition) is 6. The van der Waals surface area contributed by atoms with Gasteiger partial charge in [0.15, 0.2) is 5.78 Å². The van der Waals surface area contributed by atoms with Crippen LogP contribution in [0.1, 0.15) is 27.6 Å². The van der Waals surface area contributed by atoms with E-state index >= 15 is 0 Å². The maximum Gasteiger partial charge on any atom is 0.237 e. The molecule has 1 N–H and O–H groups in total. The number of nitrogens with one attached hydrogen (secondary N) is 1. The van der Waals surface area contributed by atoms with Crippen LogP contribution in [0.4, 0.5) is 0 Å². The van der Waals surface area contributed by atoms with E-state index in [0.29, 0.717) is 17.7 Å². The molecule has 0 bridgehead atoms. The molecule has 1 aliphatic rings. The van der Waals surface area contributed by atoms with Gasteiger partial charge in [-0.25, -0.2) is 0 Å². The van der Waals surface area contributed by atoms with Gasteiger partial charge in [-0.3, -0.25) is 24.3 Å². The summed E-state index contributed by atoms with van der Waals surface area (Å²) in [5, 5.41) is 2.68. The summed E-state index contributed by atoms with van der Waals surface area (Å²) in [6, 6.07) is 5.06. The van der Waals surface area contributed by atoms with Gasteiger partial charge in [0, 0.05) is 18.2 Å². The number of Topliss-reactive ketones (excluding diaryl/α,β-unsaturated/α-hetero) is 2. The summed E-state index contributed by atoms with van der Waals surface area (Å²) < 4.78 is 4.95. The molecule has 0 aliphatic heterocycles. The Hall–Kier alpha value is -2.38. The summed E-state index contributed by atoms with van der Waals surface area (Å²) >= 11 is 0. The van der Waals surface area contributed by atoms with Crippen molar-refractivity contribution in [2.45, 2.75) is 19.0 Å². The molecule has 0 fully saturated rings. The second kappa shape index (κ2) is 8.13. The number of amides is 1. The smallest absolute Gasteiger partial charge is 0.237 e. The standard InChI is InChI=1S/C18H23N3O4/c1-11(21(2)3)18(24)20-15-14(19-9-10-25-4)16(22)12-7-5-6-8-13(12)17(15)23/h5-8,11,15H,9-10H2,1-4H3,(H,20,24). The molecule has 25 heavy (non-hydrogen) atoms. The zero-order chi connectivity index (χ0) is 18.6. The molecule has 0 radical (unpaired) electrons. The Morgan fingerprint density at radius 2 is 1.92 bits per heavy atom. The van der Waals surface area contributed by atoms with Gasteiger partial charge in [-0.1, -0.05) is 24.3 Å². The molecule has 1 aromatic rings. The number of hydrogen-bond donors (Lipinski definition) is 1. The summed E-state index contributed by atoms with van der Waals surface area (Å²) in [6.07, 6.45) is 0. The third-order valence-electron chi connectivity index (χ3n) is 4.22. The maximum atomic E-state index is 12.8. The van der Waals surface area contributed by atoms with E-state index in [1.54, 1.807) is 50.2 Å². The van der Waals surface area contributed by atoms with Crippen LogP contribution in [0.5, 0.6) is 0 Å². The van der Waals surface area contributed by atoms with Gasteiger partial charge in [0.1, 0.15) is 11.8 Å². The van der Waals surface area contributed by atoms with E-state index in [4.69, 9.17) is 4.74 Å². The lowest BCUT2D eigenvalue weighted by Gasteiger charge is -2.27. The van der Waals surface area contributed by atoms with Crippen molar-refractivity contribution in [2.24, 2.45) is 4.99 Å². The molecule has 2 rings (SSSR count). The number of aliphatic imine (C=N–C) groups is 1. The Morgan fingerprint density at radius 1 is 1.28 bits per heavy atom. The number of rotatable bonds is 6. The van der Waals surface area contributed by atoms with Crippen LogP contribution in [0, 0.1) is 0 Å². The van der Waals surface area contributed by atoms with Crippen LogP contribution in [0.2, 0.25) is 0 Å². The molecule has 134 valence electrons. The number of benzene rings is 1. The number of fused-ring (bicyclic) bond motifs is 1. The van der Waals surface area contributed by atoms with Crippen molar-refractivity contribution in [3.05, 3.63) is 35.4 Å². The molecular formula is C18H23N3O4. The van der Waals surface area contributed by atoms with Crippen molar-refractivity contribution in [3.63, 3.8) is 0 Å². The van der Waals surface area contributed by atoms with Crippen LogP contribution < -0.4 is 5.32 Å². The highest BCUT2D eigenvalue weighted by Gasteiger charge is 2.39. The topological polar surface area (TPSA) is 88.1 Å². The van der Waals surface area contributed by atoms with E-state index in [2.05, 4.69) is 10.3 Å². The molecule has 1 amide bonds. The van der Waals surface area contributed by atoms with Gasteiger partial charge in [-0.05, 0) is 21.0 Å². The fourth-order valence-electron chi connectivity index (χ4n) is 2.50. The lowest BCUT2D eigenvalue weighted by molar-refractivity contribution is -0.125. The van der Waals surface area contributed by atoms with Crippen molar-refractivity contribution in [1.29, 1.82) is 0 Å². The Kier molecular flexibility index (Phi) is 6.17. The first-order valence-corrected chi connectivity index (χ1v) is 8.06. The highest BCUT2D eigenvalue weighted by atomic mass is 16.5. The number of ketones is 2. The van der Waals surface area contributed by atoms with Gasteiger partial charge < -0.3 is 10.1 Å². The van der Waals surface area contributed by atoms with Crippen LogP contribution in [-0.4, -0.2) is 74.5 Å². The minimum atomic E-state index is -1.07. The number of methoxy groups -OCH3 is 1. The summed E-state index contributed by atoms with van der Waals surface area (Å²) in [5.74, 6) is -1.00. The molecule has 0 saturated heterocycles. The Balaban J connectivity index is 2.39. The van der Waals surface area contributed by atoms with Crippen LogP contribution >= 0.6 is 0 Å². The van der Waals surface area contributed by atoms with Gasteiger partial charge >= 0.3 is 0 Å². The minimum absolute atomic E-state index is 0.0556. The van der Waals surface area contributed by atoms with E-state index in [-0.39, 0.29) is 29.7 Å². The van der Waals surface area contributed by atoms with Crippen LogP contribution in [0.25, 0.3) is 0 Å². The maximum absolute atomic E-state index is 12.8. The molecule has 7 nitrogen and oxygen atoms in total. The molecular weight excluding hydrogens is 322 g/mol. The fourth-order valence-corrected chi connectivity index (χ4v) is 2.50. The highest BCUT2D eigenvalue weighted by Crippen LogP contribution is 2.20. The van der Waals surface area contributed by atoms with E-state index in [1.807, 2.05) is 0 Å². The minimum Gasteiger partial charge on any atom is -0.383 e. The zero-order valence-corrected chi connectivity index (χ0v) is 14.9. The van der Waals surface area contributed by atoms with Crippen LogP contribution in [-0.2, 0) is 9.53 Å². The zero-order valence-electron chi connectivity index (χ0n) is 14.9. The van der Waals surface area contributed by atoms with E-state index in [0.717, 1.165) is 0 Å². The van der Waals surface area contributed by atoms with Gasteiger partial charge in [-0.15, -0.1) is 0 Å². The summed E-state index contributed by atoms with van der Waals surface area (Å²) in [6.45, 7) is 2.28. The van der Waals surface area contributed by atoms with Crippen molar-refractivity contribution >= 4 is 23.2 Å². The third kappa shape index (κ3) is 4.00. The second-order valence-corrected chi connectivity index (χ2v) is 6.08. The molecule has 2 unspecified atom stereocenters. The average molecular weight is 345 g/mol. The average Bonchev–Trinajstić information content (AvgIpc) is 2.61. The quantitative estimate of drug-likeness (QED) is 0.762. The van der Waals surface area contributed by atoms with Crippen LogP contribution in [0.15, 0.2) is 29.3 Å². The van der Waals surface area contributed by atoms with Crippen molar-refractivity contribution < 1.29 is 19.1 Å². The molecule has 7 heteroatoms. The largest absolute Gasteiger partial charge is 0.383 e. The highest BCUT2D eigenvalue weighted by molar-refractivity contribution is 6.55. The number of carbonyl (C=O) groups excluding carboxylic acids is 3. The van der Waals surface area contributed by atoms with Gasteiger partial charge in [-0.2, -0.15) is 0 Å². The first-order chi connectivity index (χ1) is 11.9. The van der Waals surface area contributed by atoms with Gasteiger partial charge in [0.25, 0.3) is 0 Å². The Bertz CT molecular complexity index is 712. The Labute approximate surface area is 147 Å². The summed E-state index contributed by atoms with van der Waals surface area (Å²) in [5.41, 5.74) is 0.677. The normalized spacial score (nSPS) is 19.9. The Morgan fingerprint density at radius 3 is 2.52 bits per heavy atom. The van der Waals surface area contributed by atoms with Crippen molar-refractivity contribution in [3.8, 4) is 0 Å². The monoisotopic (exact) mass is 345 g/mol. The molecule has 0 heterocycles. The number of ether oxygens (including phenoxy) is 1. The van der Waals surface area contributed by atoms with Crippen molar-refractivity contribution in [2.75, 3.05) is 34.4 Å². The summed E-state index contributed by atoms with van der Waals surface area (Å²) in [4.78, 5) is 44.0. The SMILES string of the molecule is COCCN=C1C(=O)c2ccccc2C(=O)C1NC(=O)C(C)N(C)C. The molecule has 0 saturated carbocycles. The van der Waals surface area contributed by atoms with E-state index in [9.17, 15) is 14.4 Å². The number of nitrogens with zero attached hydrogens (tertiary/aromatic N) is 2. The third-order valence-corrected chi connectivity index (χ3v) is 4.22. The first kappa shape index (κ1) is 19.0. The molecule has 0 spiro atoms. The second-order valence-electron chi connectivity index (χ2n) is 6.08. The van der Waals surface area contributed by atoms with E-state index in [1.165, 1.54) is 7.11 Å². The van der Waals surface area contributed by atoms with Crippen LogP contribution in [0.3, 0.4) is 0 Å². The number of carbonyl (C=O) groups is 3. The predicted molar refractivity (Wildman–Crippen MR) is 94.4 cm³/mol. The van der Waals surface area contributed by atoms with E-state index < -0.39 is 12.1 Å². The molecule has 1 aliphatic carbocycles. The lowest BCUT2D eigenvalue weighted by Crippen LogP contribution is -2.56. The lowest BCUT2D eigenvalue weighted by atomic mass is 9.84. The number of likely N-dealkylation sites (N-methyl/N-ethyl adjacent to an activating group) is 1. The molecule has 0 aromatic heterocycles. The van der Waals surface area contributed by atoms with Crippen molar-refractivity contribution in [1.82, 2.24) is 10.2 Å². The molecule has 2 atom stereocenters. The molecule has 1 aromatic carbocycles. The predicted octanol–water partition coefficient (Wildman–Crippen LogP) is 0.588.